The SMILES string of the molecule is CCCNc1nc(COCCC)nc2c1COCC2. The zero-order chi connectivity index (χ0) is 13.5. The van der Waals surface area contributed by atoms with Crippen LogP contribution in [0.3, 0.4) is 0 Å². The van der Waals surface area contributed by atoms with Crippen LogP contribution in [0.2, 0.25) is 0 Å². The zero-order valence-electron chi connectivity index (χ0n) is 11.9. The van der Waals surface area contributed by atoms with Gasteiger partial charge in [0.2, 0.25) is 0 Å². The Kier molecular flexibility index (Phi) is 5.54. The number of fused-ring (bicyclic) bond motifs is 1. The largest absolute Gasteiger partial charge is 0.376 e. The van der Waals surface area contributed by atoms with Gasteiger partial charge in [-0.15, -0.1) is 0 Å². The lowest BCUT2D eigenvalue weighted by molar-refractivity contribution is 0.105. The number of anilines is 1. The van der Waals surface area contributed by atoms with Crippen LogP contribution in [0.4, 0.5) is 5.82 Å². The maximum atomic E-state index is 5.54. The molecule has 0 fully saturated rings. The van der Waals surface area contributed by atoms with Crippen molar-refractivity contribution in [2.24, 2.45) is 0 Å². The highest BCUT2D eigenvalue weighted by atomic mass is 16.5. The van der Waals surface area contributed by atoms with Gasteiger partial charge >= 0.3 is 0 Å². The van der Waals surface area contributed by atoms with Gasteiger partial charge in [-0.3, -0.25) is 0 Å². The Bertz CT molecular complexity index is 410. The Hall–Kier alpha value is -1.20. The quantitative estimate of drug-likeness (QED) is 0.767. The molecule has 106 valence electrons. The predicted molar refractivity (Wildman–Crippen MR) is 74.1 cm³/mol. The van der Waals surface area contributed by atoms with Gasteiger partial charge in [-0.1, -0.05) is 13.8 Å². The van der Waals surface area contributed by atoms with E-state index < -0.39 is 0 Å². The van der Waals surface area contributed by atoms with E-state index in [1.165, 1.54) is 0 Å². The average molecular weight is 265 g/mol. The van der Waals surface area contributed by atoms with Crippen molar-refractivity contribution in [1.29, 1.82) is 0 Å². The van der Waals surface area contributed by atoms with E-state index in [9.17, 15) is 0 Å². The van der Waals surface area contributed by atoms with E-state index in [0.717, 1.165) is 61.9 Å². The Morgan fingerprint density at radius 1 is 1.26 bits per heavy atom. The van der Waals surface area contributed by atoms with Gasteiger partial charge in [0, 0.05) is 25.1 Å². The number of nitrogens with zero attached hydrogens (tertiary/aromatic N) is 2. The topological polar surface area (TPSA) is 56.3 Å². The van der Waals surface area contributed by atoms with Gasteiger partial charge in [-0.05, 0) is 12.8 Å². The summed E-state index contributed by atoms with van der Waals surface area (Å²) in [5.74, 6) is 1.69. The van der Waals surface area contributed by atoms with Crippen LogP contribution >= 0.6 is 0 Å². The molecule has 5 heteroatoms. The molecule has 0 saturated heterocycles. The number of hydrogen-bond donors (Lipinski definition) is 1. The first kappa shape index (κ1) is 14.2. The third-order valence-electron chi connectivity index (χ3n) is 2.99. The molecule has 1 aliphatic heterocycles. The van der Waals surface area contributed by atoms with E-state index in [2.05, 4.69) is 29.1 Å². The highest BCUT2D eigenvalue weighted by Crippen LogP contribution is 2.22. The summed E-state index contributed by atoms with van der Waals surface area (Å²) in [5, 5.41) is 3.37. The van der Waals surface area contributed by atoms with E-state index in [1.807, 2.05) is 0 Å². The van der Waals surface area contributed by atoms with Crippen molar-refractivity contribution >= 4 is 5.82 Å². The number of ether oxygens (including phenoxy) is 2. The molecule has 2 rings (SSSR count). The van der Waals surface area contributed by atoms with Crippen LogP contribution in [-0.2, 0) is 29.1 Å². The van der Waals surface area contributed by atoms with Gasteiger partial charge in [0.25, 0.3) is 0 Å². The smallest absolute Gasteiger partial charge is 0.156 e. The molecule has 0 radical (unpaired) electrons. The van der Waals surface area contributed by atoms with Gasteiger partial charge in [-0.2, -0.15) is 0 Å². The Labute approximate surface area is 114 Å². The highest BCUT2D eigenvalue weighted by Gasteiger charge is 2.17. The Morgan fingerprint density at radius 2 is 2.16 bits per heavy atom. The third-order valence-corrected chi connectivity index (χ3v) is 2.99. The molecular formula is C14H23N3O2. The molecule has 0 saturated carbocycles. The van der Waals surface area contributed by atoms with Crippen LogP contribution in [0, 0.1) is 0 Å². The molecule has 1 aromatic heterocycles. The van der Waals surface area contributed by atoms with Gasteiger partial charge in [0.1, 0.15) is 12.4 Å². The lowest BCUT2D eigenvalue weighted by Crippen LogP contribution is -2.18. The first-order chi connectivity index (χ1) is 9.35. The molecule has 0 aliphatic carbocycles. The fourth-order valence-electron chi connectivity index (χ4n) is 2.04. The Morgan fingerprint density at radius 3 is 2.95 bits per heavy atom. The maximum absolute atomic E-state index is 5.54. The molecular weight excluding hydrogens is 242 g/mol. The van der Waals surface area contributed by atoms with E-state index in [4.69, 9.17) is 9.47 Å². The van der Waals surface area contributed by atoms with Gasteiger partial charge in [0.15, 0.2) is 5.82 Å². The number of nitrogens with one attached hydrogen (secondary N) is 1. The molecule has 1 N–H and O–H groups in total. The van der Waals surface area contributed by atoms with Crippen LogP contribution < -0.4 is 5.32 Å². The van der Waals surface area contributed by atoms with Gasteiger partial charge in [0.05, 0.1) is 18.9 Å². The summed E-state index contributed by atoms with van der Waals surface area (Å²) in [7, 11) is 0. The van der Waals surface area contributed by atoms with Gasteiger partial charge in [-0.25, -0.2) is 9.97 Å². The van der Waals surface area contributed by atoms with Crippen molar-refractivity contribution in [2.75, 3.05) is 25.1 Å². The van der Waals surface area contributed by atoms with E-state index in [-0.39, 0.29) is 0 Å². The van der Waals surface area contributed by atoms with E-state index in [0.29, 0.717) is 13.2 Å². The summed E-state index contributed by atoms with van der Waals surface area (Å²) in [5.41, 5.74) is 2.22. The molecule has 0 unspecified atom stereocenters. The van der Waals surface area contributed by atoms with Crippen molar-refractivity contribution in [3.8, 4) is 0 Å². The van der Waals surface area contributed by atoms with Crippen LogP contribution in [0.15, 0.2) is 0 Å². The van der Waals surface area contributed by atoms with Gasteiger partial charge < -0.3 is 14.8 Å². The second kappa shape index (κ2) is 7.40. The number of hydrogen-bond acceptors (Lipinski definition) is 5. The molecule has 0 amide bonds. The van der Waals surface area contributed by atoms with Crippen molar-refractivity contribution < 1.29 is 9.47 Å². The van der Waals surface area contributed by atoms with Crippen molar-refractivity contribution in [3.05, 3.63) is 17.1 Å². The maximum Gasteiger partial charge on any atom is 0.156 e. The summed E-state index contributed by atoms with van der Waals surface area (Å²) in [6.07, 6.45) is 2.94. The molecule has 0 bridgehead atoms. The Balaban J connectivity index is 2.15. The molecule has 2 heterocycles. The summed E-state index contributed by atoms with van der Waals surface area (Å²) >= 11 is 0. The lowest BCUT2D eigenvalue weighted by atomic mass is 10.1. The molecule has 19 heavy (non-hydrogen) atoms. The van der Waals surface area contributed by atoms with E-state index >= 15 is 0 Å². The summed E-state index contributed by atoms with van der Waals surface area (Å²) in [4.78, 5) is 9.17. The van der Waals surface area contributed by atoms with Crippen molar-refractivity contribution in [2.45, 2.75) is 46.3 Å². The number of rotatable bonds is 7. The molecule has 5 nitrogen and oxygen atoms in total. The lowest BCUT2D eigenvalue weighted by Gasteiger charge is -2.20. The molecule has 1 aromatic rings. The zero-order valence-corrected chi connectivity index (χ0v) is 11.9. The monoisotopic (exact) mass is 265 g/mol. The number of aromatic nitrogens is 2. The third kappa shape index (κ3) is 3.88. The molecule has 0 spiro atoms. The minimum absolute atomic E-state index is 0.489. The van der Waals surface area contributed by atoms with Crippen molar-refractivity contribution in [1.82, 2.24) is 9.97 Å². The minimum atomic E-state index is 0.489. The fraction of sp³-hybridized carbons (Fsp3) is 0.714. The van der Waals surface area contributed by atoms with E-state index in [1.54, 1.807) is 0 Å². The standard InChI is InChI=1S/C14H23N3O2/c1-3-6-15-14-11-9-19-8-5-12(11)16-13(17-14)10-18-7-4-2/h3-10H2,1-2H3,(H,15,16,17). The second-order valence-electron chi connectivity index (χ2n) is 4.70. The molecule has 1 aliphatic rings. The summed E-state index contributed by atoms with van der Waals surface area (Å²) < 4.78 is 11.0. The second-order valence-corrected chi connectivity index (χ2v) is 4.70. The first-order valence-electron chi connectivity index (χ1n) is 7.13. The van der Waals surface area contributed by atoms with Crippen LogP contribution in [0.5, 0.6) is 0 Å². The molecule has 0 aromatic carbocycles. The normalized spacial score (nSPS) is 14.2. The average Bonchev–Trinajstić information content (AvgIpc) is 2.45. The van der Waals surface area contributed by atoms with Crippen LogP contribution in [0.1, 0.15) is 43.8 Å². The molecule has 0 atom stereocenters. The van der Waals surface area contributed by atoms with Crippen molar-refractivity contribution in [3.63, 3.8) is 0 Å². The minimum Gasteiger partial charge on any atom is -0.376 e. The summed E-state index contributed by atoms with van der Waals surface area (Å²) in [6.45, 7) is 7.74. The predicted octanol–water partition coefficient (Wildman–Crippen LogP) is 2.30. The first-order valence-corrected chi connectivity index (χ1v) is 7.13. The fourth-order valence-corrected chi connectivity index (χ4v) is 2.04. The van der Waals surface area contributed by atoms with Crippen LogP contribution in [-0.4, -0.2) is 29.7 Å². The highest BCUT2D eigenvalue weighted by molar-refractivity contribution is 5.47. The van der Waals surface area contributed by atoms with Crippen LogP contribution in [0.25, 0.3) is 0 Å². The summed E-state index contributed by atoms with van der Waals surface area (Å²) in [6, 6.07) is 0.